The van der Waals surface area contributed by atoms with Crippen molar-refractivity contribution in [3.63, 3.8) is 0 Å². The monoisotopic (exact) mass is 260 g/mol. The van der Waals surface area contributed by atoms with Crippen molar-refractivity contribution in [3.05, 3.63) is 33.9 Å². The number of alkyl halides is 3. The maximum atomic E-state index is 12.4. The van der Waals surface area contributed by atoms with Crippen molar-refractivity contribution in [2.45, 2.75) is 25.9 Å². The second-order valence-electron chi connectivity index (χ2n) is 3.56. The van der Waals surface area contributed by atoms with Crippen molar-refractivity contribution < 1.29 is 18.1 Å². The third kappa shape index (κ3) is 3.54. The predicted molar refractivity (Wildman–Crippen MR) is 61.2 cm³/mol. The van der Waals surface area contributed by atoms with Crippen LogP contribution in [0.3, 0.4) is 0 Å². The molecule has 0 aliphatic heterocycles. The average Bonchev–Trinajstić information content (AvgIpc) is 2.28. The summed E-state index contributed by atoms with van der Waals surface area (Å²) in [6.45, 7) is 1.90. The number of hydrogen-bond donors (Lipinski definition) is 0. The molecule has 0 unspecified atom stereocenters. The Balaban J connectivity index is 3.17. The van der Waals surface area contributed by atoms with Gasteiger partial charge in [0.25, 0.3) is 5.69 Å². The van der Waals surface area contributed by atoms with Crippen molar-refractivity contribution in [2.24, 2.45) is 4.99 Å². The van der Waals surface area contributed by atoms with Crippen molar-refractivity contribution in [2.75, 3.05) is 0 Å². The van der Waals surface area contributed by atoms with E-state index in [1.54, 1.807) is 0 Å². The third-order valence-corrected chi connectivity index (χ3v) is 2.15. The van der Waals surface area contributed by atoms with Gasteiger partial charge in [-0.15, -0.1) is 0 Å². The standard InChI is InChI=1S/C11H11F3N2O2/c1-2-3-6-15-9-5-4-8(11(12,13)14)7-10(9)16(17)18/h4-7H,2-3H2,1H3. The molecule has 0 aromatic heterocycles. The van der Waals surface area contributed by atoms with Crippen LogP contribution in [0.2, 0.25) is 0 Å². The van der Waals surface area contributed by atoms with E-state index >= 15 is 0 Å². The van der Waals surface area contributed by atoms with Gasteiger partial charge in [-0.3, -0.25) is 15.1 Å². The van der Waals surface area contributed by atoms with E-state index in [0.29, 0.717) is 12.5 Å². The molecule has 0 fully saturated rings. The second kappa shape index (κ2) is 5.61. The van der Waals surface area contributed by atoms with Crippen LogP contribution in [-0.4, -0.2) is 11.1 Å². The maximum Gasteiger partial charge on any atom is 0.416 e. The molecule has 0 atom stereocenters. The lowest BCUT2D eigenvalue weighted by molar-refractivity contribution is -0.384. The number of aliphatic imine (C=N–C) groups is 1. The molecular weight excluding hydrogens is 249 g/mol. The minimum atomic E-state index is -4.60. The molecule has 0 saturated carbocycles. The third-order valence-electron chi connectivity index (χ3n) is 2.15. The zero-order chi connectivity index (χ0) is 13.8. The SMILES string of the molecule is CCCC=Nc1ccc(C(F)(F)F)cc1[N+](=O)[O-]. The second-order valence-corrected chi connectivity index (χ2v) is 3.56. The Labute approximate surface area is 101 Å². The van der Waals surface area contributed by atoms with Crippen molar-refractivity contribution in [1.29, 1.82) is 0 Å². The molecule has 0 N–H and O–H groups in total. The van der Waals surface area contributed by atoms with E-state index < -0.39 is 22.4 Å². The lowest BCUT2D eigenvalue weighted by Gasteiger charge is -2.06. The van der Waals surface area contributed by atoms with Gasteiger partial charge in [-0.05, 0) is 18.6 Å². The summed E-state index contributed by atoms with van der Waals surface area (Å²) in [5, 5.41) is 10.7. The van der Waals surface area contributed by atoms with E-state index in [0.717, 1.165) is 18.6 Å². The van der Waals surface area contributed by atoms with E-state index in [2.05, 4.69) is 4.99 Å². The van der Waals surface area contributed by atoms with Gasteiger partial charge in [0, 0.05) is 12.3 Å². The number of benzene rings is 1. The van der Waals surface area contributed by atoms with Crippen LogP contribution in [0.15, 0.2) is 23.2 Å². The van der Waals surface area contributed by atoms with Crippen LogP contribution in [0.5, 0.6) is 0 Å². The Morgan fingerprint density at radius 3 is 2.61 bits per heavy atom. The molecule has 0 amide bonds. The van der Waals surface area contributed by atoms with Crippen LogP contribution >= 0.6 is 0 Å². The quantitative estimate of drug-likeness (QED) is 0.464. The number of nitrogens with zero attached hydrogens (tertiary/aromatic N) is 2. The summed E-state index contributed by atoms with van der Waals surface area (Å²) in [6, 6.07) is 2.29. The summed E-state index contributed by atoms with van der Waals surface area (Å²) in [4.78, 5) is 13.6. The fourth-order valence-electron chi connectivity index (χ4n) is 1.25. The van der Waals surface area contributed by atoms with Crippen molar-refractivity contribution in [3.8, 4) is 0 Å². The largest absolute Gasteiger partial charge is 0.416 e. The van der Waals surface area contributed by atoms with E-state index in [-0.39, 0.29) is 5.69 Å². The highest BCUT2D eigenvalue weighted by atomic mass is 19.4. The van der Waals surface area contributed by atoms with Gasteiger partial charge < -0.3 is 0 Å². The van der Waals surface area contributed by atoms with E-state index in [4.69, 9.17) is 0 Å². The number of rotatable bonds is 4. The zero-order valence-corrected chi connectivity index (χ0v) is 9.57. The summed E-state index contributed by atoms with van der Waals surface area (Å²) in [5.74, 6) is 0. The first-order valence-electron chi connectivity index (χ1n) is 5.24. The molecule has 4 nitrogen and oxygen atoms in total. The van der Waals surface area contributed by atoms with Gasteiger partial charge in [-0.25, -0.2) is 0 Å². The fraction of sp³-hybridized carbons (Fsp3) is 0.364. The van der Waals surface area contributed by atoms with E-state index in [1.807, 2.05) is 6.92 Å². The summed E-state index contributed by atoms with van der Waals surface area (Å²) in [5.41, 5.74) is -1.76. The van der Waals surface area contributed by atoms with Crippen LogP contribution < -0.4 is 0 Å². The molecule has 0 saturated heterocycles. The highest BCUT2D eigenvalue weighted by Gasteiger charge is 2.32. The smallest absolute Gasteiger partial charge is 0.258 e. The van der Waals surface area contributed by atoms with Crippen LogP contribution in [0, 0.1) is 10.1 Å². The highest BCUT2D eigenvalue weighted by molar-refractivity contribution is 5.69. The number of hydrogen-bond acceptors (Lipinski definition) is 3. The Morgan fingerprint density at radius 1 is 1.44 bits per heavy atom. The first-order chi connectivity index (χ1) is 8.36. The van der Waals surface area contributed by atoms with Gasteiger partial charge >= 0.3 is 6.18 Å². The molecule has 0 radical (unpaired) electrons. The first-order valence-corrected chi connectivity index (χ1v) is 5.24. The Hall–Kier alpha value is -1.92. The first kappa shape index (κ1) is 14.1. The topological polar surface area (TPSA) is 55.5 Å². The summed E-state index contributed by atoms with van der Waals surface area (Å²) in [6.07, 6.45) is -1.73. The number of unbranched alkanes of at least 4 members (excludes halogenated alkanes) is 1. The van der Waals surface area contributed by atoms with Gasteiger partial charge in [0.2, 0.25) is 0 Å². The van der Waals surface area contributed by atoms with Gasteiger partial charge in [0.15, 0.2) is 0 Å². The molecule has 7 heteroatoms. The lowest BCUT2D eigenvalue weighted by atomic mass is 10.1. The molecule has 18 heavy (non-hydrogen) atoms. The molecule has 1 rings (SSSR count). The summed E-state index contributed by atoms with van der Waals surface area (Å²) in [7, 11) is 0. The zero-order valence-electron chi connectivity index (χ0n) is 9.57. The Kier molecular flexibility index (Phi) is 4.41. The summed E-state index contributed by atoms with van der Waals surface area (Å²) < 4.78 is 37.2. The fourth-order valence-corrected chi connectivity index (χ4v) is 1.25. The minimum absolute atomic E-state index is 0.0681. The van der Waals surface area contributed by atoms with E-state index in [9.17, 15) is 23.3 Å². The van der Waals surface area contributed by atoms with Crippen LogP contribution in [0.25, 0.3) is 0 Å². The van der Waals surface area contributed by atoms with Crippen molar-refractivity contribution >= 4 is 17.6 Å². The number of nitro benzene ring substituents is 1. The Morgan fingerprint density at radius 2 is 2.11 bits per heavy atom. The molecule has 1 aromatic rings. The van der Waals surface area contributed by atoms with Gasteiger partial charge in [0.1, 0.15) is 5.69 Å². The molecular formula is C11H11F3N2O2. The van der Waals surface area contributed by atoms with Crippen molar-refractivity contribution in [1.82, 2.24) is 0 Å². The normalized spacial score (nSPS) is 12.0. The van der Waals surface area contributed by atoms with Crippen LogP contribution in [0.4, 0.5) is 24.5 Å². The van der Waals surface area contributed by atoms with Gasteiger partial charge in [0.05, 0.1) is 10.5 Å². The maximum absolute atomic E-state index is 12.4. The molecule has 0 aliphatic rings. The molecule has 0 aliphatic carbocycles. The number of halogens is 3. The molecule has 98 valence electrons. The predicted octanol–water partition coefficient (Wildman–Crippen LogP) is 4.12. The Bertz CT molecular complexity index is 470. The average molecular weight is 260 g/mol. The van der Waals surface area contributed by atoms with Crippen LogP contribution in [0.1, 0.15) is 25.3 Å². The van der Waals surface area contributed by atoms with Crippen LogP contribution in [-0.2, 0) is 6.18 Å². The van der Waals surface area contributed by atoms with Gasteiger partial charge in [-0.1, -0.05) is 13.3 Å². The number of nitro groups is 1. The summed E-state index contributed by atoms with van der Waals surface area (Å²) >= 11 is 0. The highest BCUT2D eigenvalue weighted by Crippen LogP contribution is 2.35. The molecule has 0 bridgehead atoms. The van der Waals surface area contributed by atoms with Gasteiger partial charge in [-0.2, -0.15) is 13.2 Å². The molecule has 0 spiro atoms. The molecule has 0 heterocycles. The molecule has 1 aromatic carbocycles. The minimum Gasteiger partial charge on any atom is -0.258 e. The van der Waals surface area contributed by atoms with E-state index in [1.165, 1.54) is 6.21 Å². The lowest BCUT2D eigenvalue weighted by Crippen LogP contribution is -2.05.